The van der Waals surface area contributed by atoms with Gasteiger partial charge in [-0.05, 0) is 86.5 Å². The summed E-state index contributed by atoms with van der Waals surface area (Å²) in [6, 6.07) is 11.2. The van der Waals surface area contributed by atoms with E-state index < -0.39 is 12.2 Å². The minimum atomic E-state index is -0.791. The number of aliphatic hydroxyl groups excluding tert-OH is 2. The highest BCUT2D eigenvalue weighted by Crippen LogP contribution is 2.54. The number of ketones is 1. The van der Waals surface area contributed by atoms with Gasteiger partial charge in [0.2, 0.25) is 5.91 Å². The van der Waals surface area contributed by atoms with Crippen molar-refractivity contribution in [1.82, 2.24) is 9.80 Å². The number of carbonyl (C=O) groups is 2. The third-order valence-electron chi connectivity index (χ3n) is 12.1. The van der Waals surface area contributed by atoms with Crippen LogP contribution in [0.3, 0.4) is 0 Å². The van der Waals surface area contributed by atoms with Gasteiger partial charge in [-0.15, -0.1) is 0 Å². The molecule has 2 aliphatic carbocycles. The second-order valence-corrected chi connectivity index (χ2v) is 14.7. The summed E-state index contributed by atoms with van der Waals surface area (Å²) in [4.78, 5) is 31.8. The summed E-state index contributed by atoms with van der Waals surface area (Å²) in [5.41, 5.74) is 1.62. The Morgan fingerprint density at radius 3 is 2.31 bits per heavy atom. The van der Waals surface area contributed by atoms with Crippen LogP contribution in [0.2, 0.25) is 0 Å². The van der Waals surface area contributed by atoms with Gasteiger partial charge in [-0.3, -0.25) is 14.5 Å². The number of likely N-dealkylation sites (tertiary alicyclic amines) is 2. The van der Waals surface area contributed by atoms with Crippen LogP contribution in [0.1, 0.15) is 110 Å². The average Bonchev–Trinajstić information content (AvgIpc) is 2.95. The number of hydrogen-bond donors (Lipinski definition) is 2. The molecule has 1 amide bonds. The molecule has 1 aromatic rings. The molecule has 2 saturated heterocycles. The van der Waals surface area contributed by atoms with E-state index in [-0.39, 0.29) is 28.6 Å². The van der Waals surface area contributed by atoms with E-state index >= 15 is 0 Å². The number of piperidine rings is 2. The van der Waals surface area contributed by atoms with Crippen LogP contribution < -0.4 is 0 Å². The highest BCUT2D eigenvalue weighted by molar-refractivity contribution is 5.84. The van der Waals surface area contributed by atoms with Crippen LogP contribution in [0.15, 0.2) is 30.3 Å². The summed E-state index contributed by atoms with van der Waals surface area (Å²) in [6.45, 7) is 9.00. The molecule has 2 aliphatic heterocycles. The van der Waals surface area contributed by atoms with Crippen molar-refractivity contribution in [3.63, 3.8) is 0 Å². The molecule has 0 bridgehead atoms. The van der Waals surface area contributed by atoms with Gasteiger partial charge >= 0.3 is 0 Å². The number of Topliss-reactive ketones (excluding diaryl/α,β-unsaturated/α-hetero) is 1. The van der Waals surface area contributed by atoms with Crippen molar-refractivity contribution in [2.75, 3.05) is 26.2 Å². The van der Waals surface area contributed by atoms with Crippen LogP contribution in [0.25, 0.3) is 0 Å². The number of aliphatic hydroxyl groups is 2. The molecule has 3 unspecified atom stereocenters. The first kappa shape index (κ1) is 31.7. The van der Waals surface area contributed by atoms with Gasteiger partial charge in [0.05, 0.1) is 18.8 Å². The predicted octanol–water partition coefficient (Wildman–Crippen LogP) is 5.73. The van der Waals surface area contributed by atoms with Gasteiger partial charge in [0, 0.05) is 37.5 Å². The molecule has 5 atom stereocenters. The first-order valence-electron chi connectivity index (χ1n) is 17.1. The van der Waals surface area contributed by atoms with Crippen molar-refractivity contribution >= 4 is 11.7 Å². The highest BCUT2D eigenvalue weighted by Gasteiger charge is 2.53. The van der Waals surface area contributed by atoms with E-state index in [4.69, 9.17) is 0 Å². The quantitative estimate of drug-likeness (QED) is 0.349. The summed E-state index contributed by atoms with van der Waals surface area (Å²) >= 11 is 0. The average molecular weight is 581 g/mol. The third kappa shape index (κ3) is 6.51. The number of amides is 1. The molecule has 42 heavy (non-hydrogen) atoms. The SMILES string of the molecule is CCCC(C)C1(c2ccccc2)CCC2(CCC(C(C)CC(=O)CN3CC[C@H](O)[C@@H](O)C3)C(=O)N2CC2CCC2)CC1. The summed E-state index contributed by atoms with van der Waals surface area (Å²) in [5, 5.41) is 19.9. The second kappa shape index (κ2) is 13.5. The number of rotatable bonds is 11. The zero-order chi connectivity index (χ0) is 29.9. The largest absolute Gasteiger partial charge is 0.390 e. The standard InChI is InChI=1S/C36H56N2O4/c1-4-9-27(3)36(29-12-6-5-7-13-29)19-17-35(18-20-36)16-14-31(34(42)38(35)23-28-10-8-11-28)26(2)22-30(39)24-37-21-15-32(40)33(41)25-37/h5-7,12-13,26-28,31-33,40-41H,4,8-11,14-25H2,1-3H3/t26?,27?,31?,32-,33-,35?,36?/m0/s1. The number of hydrogen-bond acceptors (Lipinski definition) is 5. The first-order chi connectivity index (χ1) is 20.2. The fourth-order valence-corrected chi connectivity index (χ4v) is 9.03. The van der Waals surface area contributed by atoms with Crippen molar-refractivity contribution in [3.8, 4) is 0 Å². The Morgan fingerprint density at radius 2 is 1.69 bits per heavy atom. The maximum absolute atomic E-state index is 14.4. The molecular weight excluding hydrogens is 524 g/mol. The van der Waals surface area contributed by atoms with E-state index in [1.807, 2.05) is 4.90 Å². The van der Waals surface area contributed by atoms with Crippen LogP contribution in [0.5, 0.6) is 0 Å². The molecule has 6 nitrogen and oxygen atoms in total. The lowest BCUT2D eigenvalue weighted by atomic mass is 9.56. The lowest BCUT2D eigenvalue weighted by molar-refractivity contribution is -0.156. The molecule has 234 valence electrons. The lowest BCUT2D eigenvalue weighted by Gasteiger charge is -2.58. The van der Waals surface area contributed by atoms with E-state index in [2.05, 4.69) is 56.0 Å². The monoisotopic (exact) mass is 580 g/mol. The number of benzene rings is 1. The fourth-order valence-electron chi connectivity index (χ4n) is 9.03. The summed E-state index contributed by atoms with van der Waals surface area (Å²) in [6.07, 6.45) is 12.0. The smallest absolute Gasteiger partial charge is 0.226 e. The zero-order valence-corrected chi connectivity index (χ0v) is 26.5. The molecule has 0 aromatic heterocycles. The van der Waals surface area contributed by atoms with Gasteiger partial charge in [0.1, 0.15) is 5.78 Å². The lowest BCUT2D eigenvalue weighted by Crippen LogP contribution is -2.62. The van der Waals surface area contributed by atoms with Crippen molar-refractivity contribution in [1.29, 1.82) is 0 Å². The fraction of sp³-hybridized carbons (Fsp3) is 0.778. The summed E-state index contributed by atoms with van der Waals surface area (Å²) in [5.74, 6) is 1.61. The molecule has 4 aliphatic rings. The van der Waals surface area contributed by atoms with Crippen molar-refractivity contribution in [2.45, 2.75) is 127 Å². The second-order valence-electron chi connectivity index (χ2n) is 14.7. The van der Waals surface area contributed by atoms with E-state index in [0.717, 1.165) is 45.1 Å². The van der Waals surface area contributed by atoms with Gasteiger partial charge in [-0.25, -0.2) is 0 Å². The topological polar surface area (TPSA) is 81.1 Å². The Balaban J connectivity index is 1.28. The minimum Gasteiger partial charge on any atom is -0.390 e. The Hall–Kier alpha value is -1.76. The number of β-amino-alcohol motifs (C(OH)–C–C–N with tert-alkyl or cyclic N) is 1. The Morgan fingerprint density at radius 1 is 0.976 bits per heavy atom. The van der Waals surface area contributed by atoms with Crippen LogP contribution in [0, 0.1) is 23.7 Å². The zero-order valence-electron chi connectivity index (χ0n) is 26.5. The molecule has 4 fully saturated rings. The minimum absolute atomic E-state index is 0.0168. The molecule has 2 saturated carbocycles. The van der Waals surface area contributed by atoms with Gasteiger partial charge in [-0.2, -0.15) is 0 Å². The van der Waals surface area contributed by atoms with Crippen LogP contribution >= 0.6 is 0 Å². The van der Waals surface area contributed by atoms with Crippen molar-refractivity contribution in [2.24, 2.45) is 23.7 Å². The van der Waals surface area contributed by atoms with E-state index in [0.29, 0.717) is 50.2 Å². The number of nitrogens with zero attached hydrogens (tertiary/aromatic N) is 2. The molecule has 0 radical (unpaired) electrons. The van der Waals surface area contributed by atoms with Crippen LogP contribution in [-0.2, 0) is 15.0 Å². The van der Waals surface area contributed by atoms with Crippen LogP contribution in [0.4, 0.5) is 0 Å². The van der Waals surface area contributed by atoms with Gasteiger partial charge in [0.25, 0.3) is 0 Å². The van der Waals surface area contributed by atoms with Crippen molar-refractivity contribution < 1.29 is 19.8 Å². The van der Waals surface area contributed by atoms with Crippen LogP contribution in [-0.4, -0.2) is 75.6 Å². The third-order valence-corrected chi connectivity index (χ3v) is 12.1. The number of carbonyl (C=O) groups excluding carboxylic acids is 2. The molecule has 1 aromatic carbocycles. The molecule has 2 N–H and O–H groups in total. The maximum Gasteiger partial charge on any atom is 0.226 e. The van der Waals surface area contributed by atoms with Gasteiger partial charge in [0.15, 0.2) is 0 Å². The van der Waals surface area contributed by atoms with E-state index in [9.17, 15) is 19.8 Å². The molecule has 5 rings (SSSR count). The summed E-state index contributed by atoms with van der Waals surface area (Å²) < 4.78 is 0. The first-order valence-corrected chi connectivity index (χ1v) is 17.1. The molecule has 1 spiro atoms. The normalized spacial score (nSPS) is 34.3. The molecule has 2 heterocycles. The Kier molecular flexibility index (Phi) is 10.2. The van der Waals surface area contributed by atoms with E-state index in [1.165, 1.54) is 37.7 Å². The Labute approximate surface area is 254 Å². The van der Waals surface area contributed by atoms with Gasteiger partial charge in [-0.1, -0.05) is 70.4 Å². The summed E-state index contributed by atoms with van der Waals surface area (Å²) in [7, 11) is 0. The predicted molar refractivity (Wildman–Crippen MR) is 167 cm³/mol. The Bertz CT molecular complexity index is 1050. The highest BCUT2D eigenvalue weighted by atomic mass is 16.3. The van der Waals surface area contributed by atoms with E-state index in [1.54, 1.807) is 0 Å². The molecule has 6 heteroatoms. The molecular formula is C36H56N2O4. The van der Waals surface area contributed by atoms with Crippen molar-refractivity contribution in [3.05, 3.63) is 35.9 Å². The van der Waals surface area contributed by atoms with Gasteiger partial charge < -0.3 is 15.1 Å². The maximum atomic E-state index is 14.4.